The molecule has 0 radical (unpaired) electrons. The maximum Gasteiger partial charge on any atom is 0.394 e. The summed E-state index contributed by atoms with van der Waals surface area (Å²) >= 11 is 1.16. The highest BCUT2D eigenvalue weighted by molar-refractivity contribution is 7.97. The average Bonchev–Trinajstić information content (AvgIpc) is 3.54. The molecule has 44 heavy (non-hydrogen) atoms. The van der Waals surface area contributed by atoms with Gasteiger partial charge in [0.25, 0.3) is 5.91 Å². The number of carbonyl (C=O) groups is 1. The predicted molar refractivity (Wildman–Crippen MR) is 163 cm³/mol. The fraction of sp³-hybridized carbons (Fsp3) is 0.548. The standard InChI is InChI=1S/C31H38F3N7O2S/c1-29(2)14-12-21-7-4-3-5-18-35-23-8-6-9-26(36-23)44-39-28(42)22-10-11-24(37-27(22)41(21)29)40-19-13-25(38-40)43-20-17-30(15-16-30)31(32,33)34/h6,8-11,13,19,21H,3-5,7,12,14-18,20H2,1-2H3,(H,35,36)(H,39,42). The topological polar surface area (TPSA) is 97.2 Å². The monoisotopic (exact) mass is 629 g/mol. The van der Waals surface area contributed by atoms with Gasteiger partial charge >= 0.3 is 6.18 Å². The predicted octanol–water partition coefficient (Wildman–Crippen LogP) is 6.94. The lowest BCUT2D eigenvalue weighted by atomic mass is 10.0. The number of hydrogen-bond donors (Lipinski definition) is 2. The van der Waals surface area contributed by atoms with Crippen molar-refractivity contribution < 1.29 is 22.7 Å². The Morgan fingerprint density at radius 3 is 2.68 bits per heavy atom. The summed E-state index contributed by atoms with van der Waals surface area (Å²) in [6.07, 6.45) is 3.78. The molecule has 1 amide bonds. The van der Waals surface area contributed by atoms with Gasteiger partial charge < -0.3 is 15.0 Å². The van der Waals surface area contributed by atoms with Gasteiger partial charge in [-0.05, 0) is 83.1 Å². The number of fused-ring (bicyclic) bond motifs is 5. The molecule has 6 rings (SSSR count). The minimum atomic E-state index is -4.21. The van der Waals surface area contributed by atoms with Gasteiger partial charge in [0.05, 0.1) is 17.6 Å². The summed E-state index contributed by atoms with van der Waals surface area (Å²) in [5.41, 5.74) is -1.39. The van der Waals surface area contributed by atoms with Crippen molar-refractivity contribution in [1.29, 1.82) is 0 Å². The highest BCUT2D eigenvalue weighted by Crippen LogP contribution is 2.59. The molecule has 1 aliphatic carbocycles. The second kappa shape index (κ2) is 12.1. The van der Waals surface area contributed by atoms with E-state index in [0.29, 0.717) is 22.2 Å². The fourth-order valence-corrected chi connectivity index (χ4v) is 6.83. The van der Waals surface area contributed by atoms with Gasteiger partial charge in [-0.1, -0.05) is 18.9 Å². The van der Waals surface area contributed by atoms with E-state index in [1.54, 1.807) is 29.1 Å². The van der Waals surface area contributed by atoms with E-state index < -0.39 is 11.6 Å². The molecule has 2 bridgehead atoms. The molecule has 1 saturated carbocycles. The van der Waals surface area contributed by atoms with Crippen LogP contribution >= 0.6 is 11.9 Å². The van der Waals surface area contributed by atoms with E-state index in [-0.39, 0.29) is 49.2 Å². The Balaban J connectivity index is 1.27. The van der Waals surface area contributed by atoms with Crippen LogP contribution in [0.1, 0.15) is 82.0 Å². The first-order valence-corrected chi connectivity index (χ1v) is 16.1. The van der Waals surface area contributed by atoms with Gasteiger partial charge in [0.2, 0.25) is 5.88 Å². The smallest absolute Gasteiger partial charge is 0.394 e. The van der Waals surface area contributed by atoms with Gasteiger partial charge in [-0.25, -0.2) is 14.6 Å². The number of halogens is 3. The number of aromatic nitrogens is 4. The summed E-state index contributed by atoms with van der Waals surface area (Å²) in [6.45, 7) is 5.13. The molecule has 3 aliphatic rings. The number of alkyl halides is 3. The van der Waals surface area contributed by atoms with Gasteiger partial charge in [-0.2, -0.15) is 13.2 Å². The first-order chi connectivity index (χ1) is 21.0. The molecule has 0 spiro atoms. The molecule has 3 aromatic heterocycles. The highest BCUT2D eigenvalue weighted by Gasteiger charge is 2.62. The van der Waals surface area contributed by atoms with Crippen LogP contribution in [0.3, 0.4) is 0 Å². The zero-order valence-electron chi connectivity index (χ0n) is 25.0. The zero-order chi connectivity index (χ0) is 31.0. The summed E-state index contributed by atoms with van der Waals surface area (Å²) in [7, 11) is 0. The molecule has 5 heterocycles. The number of nitrogens with zero attached hydrogens (tertiary/aromatic N) is 5. The van der Waals surface area contributed by atoms with E-state index in [0.717, 1.165) is 62.8 Å². The van der Waals surface area contributed by atoms with Crippen molar-refractivity contribution in [3.8, 4) is 11.7 Å². The van der Waals surface area contributed by atoms with Crippen molar-refractivity contribution >= 4 is 29.5 Å². The molecule has 236 valence electrons. The highest BCUT2D eigenvalue weighted by atomic mass is 32.2. The lowest BCUT2D eigenvalue weighted by molar-refractivity contribution is -0.190. The van der Waals surface area contributed by atoms with Crippen LogP contribution < -0.4 is 19.7 Å². The summed E-state index contributed by atoms with van der Waals surface area (Å²) in [5, 5.41) is 8.50. The van der Waals surface area contributed by atoms with Gasteiger partial charge in [-0.15, -0.1) is 5.10 Å². The minimum absolute atomic E-state index is 0.0660. The Hall–Kier alpha value is -3.48. The lowest BCUT2D eigenvalue weighted by Gasteiger charge is -2.38. The summed E-state index contributed by atoms with van der Waals surface area (Å²) in [4.78, 5) is 25.6. The van der Waals surface area contributed by atoms with E-state index in [1.807, 2.05) is 18.2 Å². The third-order valence-electron chi connectivity index (χ3n) is 9.02. The fourth-order valence-electron chi connectivity index (χ4n) is 6.23. The van der Waals surface area contributed by atoms with E-state index in [9.17, 15) is 18.0 Å². The van der Waals surface area contributed by atoms with Crippen LogP contribution in [0, 0.1) is 5.41 Å². The minimum Gasteiger partial charge on any atom is -0.477 e. The molecule has 2 fully saturated rings. The second-order valence-electron chi connectivity index (χ2n) is 12.6. The van der Waals surface area contributed by atoms with Crippen LogP contribution in [0.4, 0.5) is 24.8 Å². The molecular formula is C31H38F3N7O2S. The van der Waals surface area contributed by atoms with E-state index in [4.69, 9.17) is 9.72 Å². The van der Waals surface area contributed by atoms with Crippen molar-refractivity contribution in [2.24, 2.45) is 5.41 Å². The molecule has 2 aliphatic heterocycles. The maximum absolute atomic E-state index is 13.7. The van der Waals surface area contributed by atoms with Crippen LogP contribution in [0.15, 0.2) is 47.6 Å². The van der Waals surface area contributed by atoms with Crippen LogP contribution in [0.5, 0.6) is 5.88 Å². The Morgan fingerprint density at radius 2 is 1.89 bits per heavy atom. The lowest BCUT2D eigenvalue weighted by Crippen LogP contribution is -2.45. The van der Waals surface area contributed by atoms with Crippen molar-refractivity contribution in [3.05, 3.63) is 48.2 Å². The Labute approximate surface area is 259 Å². The third kappa shape index (κ3) is 6.47. The number of anilines is 2. The van der Waals surface area contributed by atoms with Crippen LogP contribution in [-0.4, -0.2) is 56.6 Å². The molecule has 3 aromatic rings. The summed E-state index contributed by atoms with van der Waals surface area (Å²) in [5.74, 6) is 1.81. The summed E-state index contributed by atoms with van der Waals surface area (Å²) in [6, 6.07) is 11.0. The first kappa shape index (κ1) is 30.5. The normalized spacial score (nSPS) is 21.5. The molecule has 1 atom stereocenters. The Morgan fingerprint density at radius 1 is 1.05 bits per heavy atom. The number of nitrogens with one attached hydrogen (secondary N) is 2. The number of ether oxygens (including phenoxy) is 1. The number of rotatable bonds is 5. The second-order valence-corrected chi connectivity index (χ2v) is 13.4. The van der Waals surface area contributed by atoms with E-state index >= 15 is 0 Å². The number of amides is 1. The van der Waals surface area contributed by atoms with Crippen molar-refractivity contribution in [1.82, 2.24) is 24.5 Å². The number of carbonyl (C=O) groups excluding carboxylic acids is 1. The largest absolute Gasteiger partial charge is 0.477 e. The maximum atomic E-state index is 13.7. The molecule has 13 heteroatoms. The van der Waals surface area contributed by atoms with Gasteiger partial charge in [0.1, 0.15) is 16.7 Å². The van der Waals surface area contributed by atoms with E-state index in [1.165, 1.54) is 0 Å². The number of pyridine rings is 2. The molecule has 9 nitrogen and oxygen atoms in total. The molecular weight excluding hydrogens is 591 g/mol. The average molecular weight is 630 g/mol. The summed E-state index contributed by atoms with van der Waals surface area (Å²) < 4.78 is 50.0. The van der Waals surface area contributed by atoms with Crippen LogP contribution in [-0.2, 0) is 0 Å². The quantitative estimate of drug-likeness (QED) is 0.293. The van der Waals surface area contributed by atoms with Crippen molar-refractivity contribution in [2.45, 2.75) is 94.4 Å². The Kier molecular flexibility index (Phi) is 8.42. The van der Waals surface area contributed by atoms with Gasteiger partial charge in [0.15, 0.2) is 5.82 Å². The third-order valence-corrected chi connectivity index (χ3v) is 9.74. The van der Waals surface area contributed by atoms with Gasteiger partial charge in [-0.3, -0.25) is 9.52 Å². The molecule has 1 saturated heterocycles. The SMILES string of the molecule is CC1(C)CCC2CCCCCNc3cccc(n3)SNC(=O)c3ccc(-n4ccc(OCCC5(C(F)(F)F)CC5)n4)nc3N21. The van der Waals surface area contributed by atoms with Crippen LogP contribution in [0.2, 0.25) is 0 Å². The number of hydrogen-bond acceptors (Lipinski definition) is 8. The first-order valence-electron chi connectivity index (χ1n) is 15.3. The van der Waals surface area contributed by atoms with E-state index in [2.05, 4.69) is 38.9 Å². The van der Waals surface area contributed by atoms with Gasteiger partial charge in [0, 0.05) is 42.3 Å². The molecule has 0 aromatic carbocycles. The van der Waals surface area contributed by atoms with Crippen molar-refractivity contribution in [2.75, 3.05) is 23.4 Å². The molecule has 2 N–H and O–H groups in total. The zero-order valence-corrected chi connectivity index (χ0v) is 25.8. The Bertz CT molecular complexity index is 1490. The molecule has 1 unspecified atom stereocenters. The van der Waals surface area contributed by atoms with Crippen molar-refractivity contribution in [3.63, 3.8) is 0 Å². The van der Waals surface area contributed by atoms with Crippen LogP contribution in [0.25, 0.3) is 5.82 Å².